The lowest BCUT2D eigenvalue weighted by Crippen LogP contribution is -2.26. The molecule has 0 atom stereocenters. The largest absolute Gasteiger partial charge is 0.509 e. The highest BCUT2D eigenvalue weighted by Crippen LogP contribution is 2.24. The van der Waals surface area contributed by atoms with Crippen molar-refractivity contribution in [2.24, 2.45) is 0 Å². The molecule has 0 aliphatic rings. The van der Waals surface area contributed by atoms with Crippen LogP contribution in [0, 0.1) is 0 Å². The lowest BCUT2D eigenvalue weighted by molar-refractivity contribution is -0.0261. The highest BCUT2D eigenvalue weighted by Gasteiger charge is 2.25. The van der Waals surface area contributed by atoms with E-state index in [9.17, 15) is 4.79 Å². The third-order valence-electron chi connectivity index (χ3n) is 2.31. The maximum atomic E-state index is 11.4. The molecule has 0 radical (unpaired) electrons. The molecule has 0 N–H and O–H groups in total. The molecule has 0 saturated heterocycles. The Hall–Kier alpha value is -1.55. The number of methoxy groups -OCH3 is 1. The van der Waals surface area contributed by atoms with E-state index in [0.717, 1.165) is 5.56 Å². The zero-order valence-electron chi connectivity index (χ0n) is 10.4. The van der Waals surface area contributed by atoms with E-state index in [1.165, 1.54) is 0 Å². The topological polar surface area (TPSA) is 44.8 Å². The molecule has 0 aromatic heterocycles. The summed E-state index contributed by atoms with van der Waals surface area (Å²) in [6.45, 7) is 4.20. The van der Waals surface area contributed by atoms with Gasteiger partial charge in [0.15, 0.2) is 0 Å². The van der Waals surface area contributed by atoms with Crippen LogP contribution in [0.4, 0.5) is 4.79 Å². The van der Waals surface area contributed by atoms with Crippen LogP contribution in [-0.4, -0.2) is 26.5 Å². The monoisotopic (exact) mass is 238 g/mol. The van der Waals surface area contributed by atoms with Crippen molar-refractivity contribution in [2.45, 2.75) is 19.4 Å². The van der Waals surface area contributed by atoms with E-state index in [-0.39, 0.29) is 6.61 Å². The van der Waals surface area contributed by atoms with Crippen molar-refractivity contribution in [2.75, 3.05) is 20.3 Å². The first-order chi connectivity index (χ1) is 8.06. The Kier molecular flexibility index (Phi) is 4.97. The van der Waals surface area contributed by atoms with E-state index in [2.05, 4.69) is 0 Å². The fraction of sp³-hybridized carbons (Fsp3) is 0.462. The molecule has 94 valence electrons. The van der Waals surface area contributed by atoms with Crippen molar-refractivity contribution in [1.29, 1.82) is 0 Å². The summed E-state index contributed by atoms with van der Waals surface area (Å²) in [7, 11) is 1.54. The van der Waals surface area contributed by atoms with Crippen LogP contribution in [-0.2, 0) is 19.8 Å². The number of ether oxygens (including phenoxy) is 3. The maximum absolute atomic E-state index is 11.4. The van der Waals surface area contributed by atoms with E-state index in [1.54, 1.807) is 7.11 Å². The Morgan fingerprint density at radius 2 is 1.82 bits per heavy atom. The molecule has 0 saturated carbocycles. The second kappa shape index (κ2) is 6.25. The summed E-state index contributed by atoms with van der Waals surface area (Å²) in [5.41, 5.74) is 0.217. The Morgan fingerprint density at radius 3 is 2.41 bits per heavy atom. The van der Waals surface area contributed by atoms with Crippen molar-refractivity contribution >= 4 is 6.16 Å². The van der Waals surface area contributed by atoms with E-state index >= 15 is 0 Å². The molecule has 0 heterocycles. The van der Waals surface area contributed by atoms with Crippen molar-refractivity contribution in [3.05, 3.63) is 35.9 Å². The van der Waals surface area contributed by atoms with Crippen molar-refractivity contribution < 1.29 is 19.0 Å². The number of benzene rings is 1. The number of hydrogen-bond donors (Lipinski definition) is 0. The second-order valence-electron chi connectivity index (χ2n) is 4.07. The van der Waals surface area contributed by atoms with Gasteiger partial charge in [-0.15, -0.1) is 0 Å². The van der Waals surface area contributed by atoms with Crippen LogP contribution < -0.4 is 0 Å². The number of rotatable bonds is 5. The molecular formula is C13H18O4. The molecule has 4 nitrogen and oxygen atoms in total. The fourth-order valence-corrected chi connectivity index (χ4v) is 1.34. The van der Waals surface area contributed by atoms with Gasteiger partial charge in [0.1, 0.15) is 12.2 Å². The van der Waals surface area contributed by atoms with Crippen molar-refractivity contribution in [3.8, 4) is 0 Å². The maximum Gasteiger partial charge on any atom is 0.509 e. The van der Waals surface area contributed by atoms with Gasteiger partial charge >= 0.3 is 6.16 Å². The van der Waals surface area contributed by atoms with Crippen molar-refractivity contribution in [3.63, 3.8) is 0 Å². The number of hydrogen-bond acceptors (Lipinski definition) is 4. The Labute approximate surface area is 101 Å². The average molecular weight is 238 g/mol. The Bertz CT molecular complexity index is 346. The van der Waals surface area contributed by atoms with Crippen LogP contribution in [0.5, 0.6) is 0 Å². The number of carbonyl (C=O) groups excluding carboxylic acids is 1. The van der Waals surface area contributed by atoms with E-state index in [1.807, 2.05) is 44.2 Å². The first kappa shape index (κ1) is 13.5. The molecule has 17 heavy (non-hydrogen) atoms. The van der Waals surface area contributed by atoms with E-state index in [4.69, 9.17) is 14.2 Å². The summed E-state index contributed by atoms with van der Waals surface area (Å²) in [4.78, 5) is 11.4. The molecule has 1 aromatic rings. The zero-order valence-corrected chi connectivity index (χ0v) is 10.4. The highest BCUT2D eigenvalue weighted by molar-refractivity contribution is 5.60. The fourth-order valence-electron chi connectivity index (χ4n) is 1.34. The van der Waals surface area contributed by atoms with Gasteiger partial charge in [0, 0.05) is 7.11 Å². The SMILES string of the molecule is COCCOC(=O)OC(C)(C)c1ccccc1. The molecule has 0 aliphatic carbocycles. The third-order valence-corrected chi connectivity index (χ3v) is 2.31. The van der Waals surface area contributed by atoms with Gasteiger partial charge in [0.2, 0.25) is 0 Å². The molecular weight excluding hydrogens is 220 g/mol. The Balaban J connectivity index is 2.52. The van der Waals surface area contributed by atoms with Gasteiger partial charge in [-0.05, 0) is 19.4 Å². The summed E-state index contributed by atoms with van der Waals surface area (Å²) in [6, 6.07) is 9.52. The van der Waals surface area contributed by atoms with Crippen LogP contribution in [0.1, 0.15) is 19.4 Å². The Morgan fingerprint density at radius 1 is 1.18 bits per heavy atom. The van der Waals surface area contributed by atoms with Gasteiger partial charge in [-0.3, -0.25) is 0 Å². The quantitative estimate of drug-likeness (QED) is 0.584. The van der Waals surface area contributed by atoms with E-state index < -0.39 is 11.8 Å². The third kappa shape index (κ3) is 4.44. The predicted molar refractivity (Wildman–Crippen MR) is 63.8 cm³/mol. The molecule has 1 aromatic carbocycles. The van der Waals surface area contributed by atoms with Gasteiger partial charge in [-0.1, -0.05) is 30.3 Å². The summed E-state index contributed by atoms with van der Waals surface area (Å²) in [6.07, 6.45) is -0.684. The summed E-state index contributed by atoms with van der Waals surface area (Å²) in [5, 5.41) is 0. The normalized spacial score (nSPS) is 11.0. The first-order valence-corrected chi connectivity index (χ1v) is 5.46. The molecule has 0 aliphatic heterocycles. The standard InChI is InChI=1S/C13H18O4/c1-13(2,11-7-5-4-6-8-11)17-12(14)16-10-9-15-3/h4-8H,9-10H2,1-3H3. The van der Waals surface area contributed by atoms with Crippen LogP contribution in [0.2, 0.25) is 0 Å². The van der Waals surface area contributed by atoms with Gasteiger partial charge in [0.05, 0.1) is 6.61 Å². The lowest BCUT2D eigenvalue weighted by atomic mass is 9.98. The molecule has 0 bridgehead atoms. The molecule has 0 unspecified atom stereocenters. The second-order valence-corrected chi connectivity index (χ2v) is 4.07. The van der Waals surface area contributed by atoms with Crippen LogP contribution >= 0.6 is 0 Å². The predicted octanol–water partition coefficient (Wildman–Crippen LogP) is 2.72. The summed E-state index contributed by atoms with van der Waals surface area (Å²) in [5.74, 6) is 0. The first-order valence-electron chi connectivity index (χ1n) is 5.46. The smallest absolute Gasteiger partial charge is 0.432 e. The van der Waals surface area contributed by atoms with Crippen LogP contribution in [0.15, 0.2) is 30.3 Å². The molecule has 4 heteroatoms. The lowest BCUT2D eigenvalue weighted by Gasteiger charge is -2.24. The number of carbonyl (C=O) groups is 1. The molecule has 0 spiro atoms. The van der Waals surface area contributed by atoms with Crippen LogP contribution in [0.25, 0.3) is 0 Å². The minimum atomic E-state index is -0.703. The highest BCUT2D eigenvalue weighted by atomic mass is 16.7. The summed E-state index contributed by atoms with van der Waals surface area (Å²) < 4.78 is 14.9. The van der Waals surface area contributed by atoms with Gasteiger partial charge < -0.3 is 14.2 Å². The molecule has 0 fully saturated rings. The van der Waals surface area contributed by atoms with Gasteiger partial charge in [-0.2, -0.15) is 0 Å². The van der Waals surface area contributed by atoms with Crippen molar-refractivity contribution in [1.82, 2.24) is 0 Å². The molecule has 0 amide bonds. The minimum Gasteiger partial charge on any atom is -0.432 e. The average Bonchev–Trinajstić information content (AvgIpc) is 2.30. The van der Waals surface area contributed by atoms with Crippen LogP contribution in [0.3, 0.4) is 0 Å². The van der Waals surface area contributed by atoms with E-state index in [0.29, 0.717) is 6.61 Å². The zero-order chi connectivity index (χ0) is 12.7. The summed E-state index contributed by atoms with van der Waals surface area (Å²) >= 11 is 0. The van der Waals surface area contributed by atoms with Gasteiger partial charge in [-0.25, -0.2) is 4.79 Å². The molecule has 1 rings (SSSR count). The minimum absolute atomic E-state index is 0.195. The van der Waals surface area contributed by atoms with Gasteiger partial charge in [0.25, 0.3) is 0 Å².